The molecule has 3 nitrogen and oxygen atoms in total. The van der Waals surface area contributed by atoms with Crippen LogP contribution in [0.3, 0.4) is 0 Å². The van der Waals surface area contributed by atoms with Crippen molar-refractivity contribution in [2.24, 2.45) is 0 Å². The lowest BCUT2D eigenvalue weighted by Crippen LogP contribution is -2.37. The zero-order chi connectivity index (χ0) is 16.6. The van der Waals surface area contributed by atoms with Crippen molar-refractivity contribution in [2.75, 3.05) is 12.3 Å². The van der Waals surface area contributed by atoms with Gasteiger partial charge in [0.05, 0.1) is 6.61 Å². The minimum atomic E-state index is -0.978. The molecule has 2 N–H and O–H groups in total. The van der Waals surface area contributed by atoms with Gasteiger partial charge in [0.25, 0.3) is 0 Å². The van der Waals surface area contributed by atoms with Gasteiger partial charge in [-0.1, -0.05) is 47.5 Å². The first-order valence-corrected chi connectivity index (χ1v) is 8.27. The smallest absolute Gasteiger partial charge is 0.321 e. The maximum atomic E-state index is 12.9. The molecule has 0 saturated carbocycles. The third-order valence-electron chi connectivity index (χ3n) is 4.36. The zero-order valence-corrected chi connectivity index (χ0v) is 14.2. The van der Waals surface area contributed by atoms with E-state index < -0.39 is 5.41 Å². The van der Waals surface area contributed by atoms with Crippen LogP contribution in [-0.4, -0.2) is 12.6 Å². The van der Waals surface area contributed by atoms with Crippen molar-refractivity contribution in [1.82, 2.24) is 0 Å². The molecule has 0 bridgehead atoms. The van der Waals surface area contributed by atoms with Crippen molar-refractivity contribution in [1.29, 1.82) is 0 Å². The number of fused-ring (bicyclic) bond motifs is 1. The van der Waals surface area contributed by atoms with Crippen LogP contribution >= 0.6 is 23.2 Å². The third kappa shape index (κ3) is 2.48. The normalized spacial score (nSPS) is 19.4. The topological polar surface area (TPSA) is 52.3 Å². The Morgan fingerprint density at radius 2 is 1.91 bits per heavy atom. The number of ether oxygens (including phenoxy) is 1. The van der Waals surface area contributed by atoms with Crippen LogP contribution in [0.4, 0.5) is 5.69 Å². The summed E-state index contributed by atoms with van der Waals surface area (Å²) < 4.78 is 5.39. The summed E-state index contributed by atoms with van der Waals surface area (Å²) in [5, 5.41) is 0.777. The lowest BCUT2D eigenvalue weighted by molar-refractivity contribution is -0.148. The molecular weight excluding hydrogens is 333 g/mol. The third-order valence-corrected chi connectivity index (χ3v) is 4.96. The van der Waals surface area contributed by atoms with Gasteiger partial charge in [-0.05, 0) is 43.0 Å². The second-order valence-corrected chi connectivity index (χ2v) is 6.46. The lowest BCUT2D eigenvalue weighted by atomic mass is 9.75. The van der Waals surface area contributed by atoms with E-state index in [-0.39, 0.29) is 5.97 Å². The largest absolute Gasteiger partial charge is 0.465 e. The first kappa shape index (κ1) is 16.2. The number of halogens is 2. The Hall–Kier alpha value is -1.71. The predicted molar refractivity (Wildman–Crippen MR) is 93.1 cm³/mol. The SMILES string of the molecule is CCOC(=O)C1(c2c(Cl)cc(N)cc2Cl)CCc2ccccc21. The number of nitrogens with two attached hydrogens (primary N) is 1. The molecule has 0 radical (unpaired) electrons. The standard InChI is InChI=1S/C18H17Cl2NO2/c1-2-23-17(22)18(8-7-11-5-3-4-6-13(11)18)16-14(19)9-12(21)10-15(16)20/h3-6,9-10H,2,7-8,21H2,1H3. The molecule has 0 heterocycles. The molecule has 0 saturated heterocycles. The molecule has 23 heavy (non-hydrogen) atoms. The highest BCUT2D eigenvalue weighted by Crippen LogP contribution is 2.50. The summed E-state index contributed by atoms with van der Waals surface area (Å²) >= 11 is 12.9. The number of benzene rings is 2. The second-order valence-electron chi connectivity index (χ2n) is 5.64. The van der Waals surface area contributed by atoms with Crippen LogP contribution in [-0.2, 0) is 21.4 Å². The highest BCUT2D eigenvalue weighted by Gasteiger charge is 2.50. The summed E-state index contributed by atoms with van der Waals surface area (Å²) in [5.74, 6) is -0.321. The number of hydrogen-bond acceptors (Lipinski definition) is 3. The van der Waals surface area contributed by atoms with Gasteiger partial charge in [0.2, 0.25) is 0 Å². The zero-order valence-electron chi connectivity index (χ0n) is 12.7. The molecule has 120 valence electrons. The van der Waals surface area contributed by atoms with Crippen molar-refractivity contribution in [2.45, 2.75) is 25.2 Å². The maximum Gasteiger partial charge on any atom is 0.321 e. The average Bonchev–Trinajstić information content (AvgIpc) is 2.87. The van der Waals surface area contributed by atoms with Gasteiger partial charge in [-0.3, -0.25) is 4.79 Å². The monoisotopic (exact) mass is 349 g/mol. The van der Waals surface area contributed by atoms with Gasteiger partial charge >= 0.3 is 5.97 Å². The van der Waals surface area contributed by atoms with E-state index >= 15 is 0 Å². The van der Waals surface area contributed by atoms with Crippen LogP contribution in [0.1, 0.15) is 30.0 Å². The van der Waals surface area contributed by atoms with Crippen LogP contribution in [0, 0.1) is 0 Å². The van der Waals surface area contributed by atoms with Gasteiger partial charge in [0, 0.05) is 21.3 Å². The maximum absolute atomic E-state index is 12.9. The van der Waals surface area contributed by atoms with E-state index in [2.05, 4.69) is 0 Å². The van der Waals surface area contributed by atoms with Crippen molar-refractivity contribution in [3.8, 4) is 0 Å². The molecule has 2 aromatic carbocycles. The van der Waals surface area contributed by atoms with Crippen molar-refractivity contribution < 1.29 is 9.53 Å². The van der Waals surface area contributed by atoms with Crippen molar-refractivity contribution in [3.05, 3.63) is 63.1 Å². The van der Waals surface area contributed by atoms with E-state index in [1.807, 2.05) is 24.3 Å². The Bertz CT molecular complexity index is 752. The van der Waals surface area contributed by atoms with E-state index in [1.54, 1.807) is 19.1 Å². The molecule has 0 fully saturated rings. The van der Waals surface area contributed by atoms with Crippen LogP contribution in [0.15, 0.2) is 36.4 Å². The minimum Gasteiger partial charge on any atom is -0.465 e. The van der Waals surface area contributed by atoms with Crippen LogP contribution in [0.5, 0.6) is 0 Å². The minimum absolute atomic E-state index is 0.299. The van der Waals surface area contributed by atoms with Gasteiger partial charge in [-0.25, -0.2) is 0 Å². The van der Waals surface area contributed by atoms with Gasteiger partial charge in [-0.15, -0.1) is 0 Å². The van der Waals surface area contributed by atoms with Gasteiger partial charge in [-0.2, -0.15) is 0 Å². The molecule has 0 spiro atoms. The van der Waals surface area contributed by atoms with Crippen molar-refractivity contribution in [3.63, 3.8) is 0 Å². The number of anilines is 1. The lowest BCUT2D eigenvalue weighted by Gasteiger charge is -2.30. The first-order chi connectivity index (χ1) is 11.0. The molecule has 2 aromatic rings. The van der Waals surface area contributed by atoms with Crippen LogP contribution in [0.2, 0.25) is 10.0 Å². The van der Waals surface area contributed by atoms with Gasteiger partial charge < -0.3 is 10.5 Å². The summed E-state index contributed by atoms with van der Waals surface area (Å²) in [4.78, 5) is 12.9. The summed E-state index contributed by atoms with van der Waals surface area (Å²) in [7, 11) is 0. The fraction of sp³-hybridized carbons (Fsp3) is 0.278. The fourth-order valence-corrected chi connectivity index (χ4v) is 4.27. The Balaban J connectivity index is 2.30. The Labute approximate surface area is 145 Å². The Morgan fingerprint density at radius 1 is 1.26 bits per heavy atom. The van der Waals surface area contributed by atoms with E-state index in [4.69, 9.17) is 33.7 Å². The summed E-state index contributed by atoms with van der Waals surface area (Å²) in [6.45, 7) is 2.09. The highest BCUT2D eigenvalue weighted by molar-refractivity contribution is 6.37. The summed E-state index contributed by atoms with van der Waals surface area (Å²) in [5.41, 5.74) is 7.91. The molecule has 5 heteroatoms. The Kier molecular flexibility index (Phi) is 4.26. The molecule has 0 amide bonds. The van der Waals surface area contributed by atoms with Crippen LogP contribution in [0.25, 0.3) is 0 Å². The quantitative estimate of drug-likeness (QED) is 0.661. The summed E-state index contributed by atoms with van der Waals surface area (Å²) in [6, 6.07) is 11.1. The van der Waals surface area contributed by atoms with Gasteiger partial charge in [0.1, 0.15) is 5.41 Å². The first-order valence-electron chi connectivity index (χ1n) is 7.51. The molecule has 1 atom stereocenters. The predicted octanol–water partition coefficient (Wildman–Crippen LogP) is 4.37. The number of aryl methyl sites for hydroxylation is 1. The molecule has 1 unspecified atom stereocenters. The second kappa shape index (κ2) is 6.06. The number of carbonyl (C=O) groups is 1. The number of rotatable bonds is 3. The van der Waals surface area contributed by atoms with E-state index in [1.165, 1.54) is 0 Å². The number of nitrogen functional groups attached to an aromatic ring is 1. The number of hydrogen-bond donors (Lipinski definition) is 1. The van der Waals surface area contributed by atoms with E-state index in [0.29, 0.717) is 34.3 Å². The average molecular weight is 350 g/mol. The molecule has 1 aliphatic rings. The van der Waals surface area contributed by atoms with E-state index in [9.17, 15) is 4.79 Å². The molecular formula is C18H17Cl2NO2. The van der Waals surface area contributed by atoms with Gasteiger partial charge in [0.15, 0.2) is 0 Å². The highest BCUT2D eigenvalue weighted by atomic mass is 35.5. The fourth-order valence-electron chi connectivity index (χ4n) is 3.44. The van der Waals surface area contributed by atoms with E-state index in [0.717, 1.165) is 17.5 Å². The summed E-state index contributed by atoms with van der Waals surface area (Å²) in [6.07, 6.45) is 1.35. The molecule has 0 aliphatic heterocycles. The molecule has 3 rings (SSSR count). The van der Waals surface area contributed by atoms with Crippen LogP contribution < -0.4 is 5.73 Å². The number of esters is 1. The molecule has 1 aliphatic carbocycles. The number of carbonyl (C=O) groups excluding carboxylic acids is 1. The van der Waals surface area contributed by atoms with Crippen molar-refractivity contribution >= 4 is 34.9 Å². The Morgan fingerprint density at radius 3 is 2.57 bits per heavy atom. The molecule has 0 aromatic heterocycles.